The summed E-state index contributed by atoms with van der Waals surface area (Å²) in [6, 6.07) is 0.525. The van der Waals surface area contributed by atoms with E-state index in [9.17, 15) is 0 Å². The van der Waals surface area contributed by atoms with Crippen LogP contribution in [0.15, 0.2) is 10.6 Å². The van der Waals surface area contributed by atoms with Crippen LogP contribution in [-0.4, -0.2) is 29.5 Å². The molecule has 1 aromatic heterocycles. The maximum absolute atomic E-state index is 5.72. The molecule has 1 fully saturated rings. The van der Waals surface area contributed by atoms with Gasteiger partial charge in [0, 0.05) is 12.5 Å². The van der Waals surface area contributed by atoms with Crippen molar-refractivity contribution >= 4 is 0 Å². The molecule has 2 atom stereocenters. The Kier molecular flexibility index (Phi) is 3.07. The highest BCUT2D eigenvalue weighted by Gasteiger charge is 2.23. The van der Waals surface area contributed by atoms with Crippen LogP contribution < -0.4 is 5.73 Å². The second kappa shape index (κ2) is 4.33. The number of oxazole rings is 1. The van der Waals surface area contributed by atoms with Crippen LogP contribution in [0.3, 0.4) is 0 Å². The van der Waals surface area contributed by atoms with Gasteiger partial charge in [-0.25, -0.2) is 4.98 Å². The van der Waals surface area contributed by atoms with Gasteiger partial charge in [0.15, 0.2) is 5.89 Å². The summed E-state index contributed by atoms with van der Waals surface area (Å²) in [5.41, 5.74) is 5.72. The summed E-state index contributed by atoms with van der Waals surface area (Å²) in [7, 11) is 2.16. The first-order chi connectivity index (χ1) is 7.16. The quantitative estimate of drug-likeness (QED) is 0.816. The van der Waals surface area contributed by atoms with Crippen molar-refractivity contribution in [3.05, 3.63) is 17.8 Å². The summed E-state index contributed by atoms with van der Waals surface area (Å²) in [6.45, 7) is 3.09. The molecule has 84 valence electrons. The van der Waals surface area contributed by atoms with Crippen LogP contribution in [0.2, 0.25) is 0 Å². The molecule has 2 heterocycles. The zero-order valence-electron chi connectivity index (χ0n) is 9.44. The molecule has 0 aromatic carbocycles. The molecule has 0 spiro atoms. The van der Waals surface area contributed by atoms with Gasteiger partial charge in [-0.05, 0) is 33.4 Å². The fraction of sp³-hybridized carbons (Fsp3) is 0.727. The van der Waals surface area contributed by atoms with E-state index in [1.54, 1.807) is 6.20 Å². The number of aromatic nitrogens is 1. The van der Waals surface area contributed by atoms with Gasteiger partial charge in [-0.3, -0.25) is 0 Å². The van der Waals surface area contributed by atoms with E-state index in [0.717, 1.165) is 18.1 Å². The van der Waals surface area contributed by atoms with Gasteiger partial charge in [0.2, 0.25) is 0 Å². The molecule has 0 aliphatic carbocycles. The lowest BCUT2D eigenvalue weighted by Gasteiger charge is -2.17. The number of nitrogens with two attached hydrogens (primary N) is 1. The Morgan fingerprint density at radius 2 is 2.53 bits per heavy atom. The van der Waals surface area contributed by atoms with Gasteiger partial charge >= 0.3 is 0 Å². The first-order valence-corrected chi connectivity index (χ1v) is 5.57. The van der Waals surface area contributed by atoms with Crippen molar-refractivity contribution in [2.75, 3.05) is 13.6 Å². The maximum Gasteiger partial charge on any atom is 0.196 e. The average molecular weight is 209 g/mol. The summed E-state index contributed by atoms with van der Waals surface area (Å²) in [5.74, 6) is 1.60. The predicted octanol–water partition coefficient (Wildman–Crippen LogP) is 1.33. The number of nitrogens with zero attached hydrogens (tertiary/aromatic N) is 2. The Morgan fingerprint density at radius 1 is 1.73 bits per heavy atom. The third kappa shape index (κ3) is 2.38. The Labute approximate surface area is 90.5 Å². The summed E-state index contributed by atoms with van der Waals surface area (Å²) in [4.78, 5) is 6.63. The molecule has 4 heteroatoms. The van der Waals surface area contributed by atoms with Crippen molar-refractivity contribution in [2.45, 2.75) is 38.3 Å². The van der Waals surface area contributed by atoms with Crippen molar-refractivity contribution in [3.8, 4) is 0 Å². The molecule has 0 amide bonds. The van der Waals surface area contributed by atoms with E-state index in [1.165, 1.54) is 19.4 Å². The third-order valence-electron chi connectivity index (χ3n) is 3.10. The largest absolute Gasteiger partial charge is 0.444 e. The SMILES string of the molecule is CC(N)c1cnc(CC2CCCN2C)o1. The normalized spacial score (nSPS) is 24.6. The van der Waals surface area contributed by atoms with Crippen molar-refractivity contribution in [1.82, 2.24) is 9.88 Å². The van der Waals surface area contributed by atoms with Crippen LogP contribution in [0.25, 0.3) is 0 Å². The minimum atomic E-state index is -0.0624. The monoisotopic (exact) mass is 209 g/mol. The minimum absolute atomic E-state index is 0.0624. The van der Waals surface area contributed by atoms with Gasteiger partial charge in [0.25, 0.3) is 0 Å². The van der Waals surface area contributed by atoms with Crippen molar-refractivity contribution in [2.24, 2.45) is 5.73 Å². The fourth-order valence-electron chi connectivity index (χ4n) is 2.07. The zero-order valence-corrected chi connectivity index (χ0v) is 9.44. The second-order valence-electron chi connectivity index (χ2n) is 4.43. The standard InChI is InChI=1S/C11H19N3O/c1-8(12)10-7-13-11(15-10)6-9-4-3-5-14(9)2/h7-9H,3-6,12H2,1-2H3. The van der Waals surface area contributed by atoms with Gasteiger partial charge in [-0.2, -0.15) is 0 Å². The van der Waals surface area contributed by atoms with Crippen molar-refractivity contribution in [1.29, 1.82) is 0 Å². The summed E-state index contributed by atoms with van der Waals surface area (Å²) in [5, 5.41) is 0. The molecule has 1 aromatic rings. The van der Waals surface area contributed by atoms with E-state index in [-0.39, 0.29) is 6.04 Å². The fourth-order valence-corrected chi connectivity index (χ4v) is 2.07. The molecule has 0 saturated carbocycles. The first-order valence-electron chi connectivity index (χ1n) is 5.57. The molecule has 1 aliphatic rings. The molecule has 15 heavy (non-hydrogen) atoms. The van der Waals surface area contributed by atoms with Gasteiger partial charge in [-0.15, -0.1) is 0 Å². The number of likely N-dealkylation sites (N-methyl/N-ethyl adjacent to an activating group) is 1. The number of rotatable bonds is 3. The number of likely N-dealkylation sites (tertiary alicyclic amines) is 1. The lowest BCUT2D eigenvalue weighted by atomic mass is 10.1. The highest BCUT2D eigenvalue weighted by molar-refractivity contribution is 5.00. The van der Waals surface area contributed by atoms with Crippen LogP contribution in [0.1, 0.15) is 37.5 Å². The van der Waals surface area contributed by atoms with Gasteiger partial charge in [-0.1, -0.05) is 0 Å². The van der Waals surface area contributed by atoms with Gasteiger partial charge in [0.1, 0.15) is 5.76 Å². The summed E-state index contributed by atoms with van der Waals surface area (Å²) < 4.78 is 5.59. The third-order valence-corrected chi connectivity index (χ3v) is 3.10. The number of hydrogen-bond donors (Lipinski definition) is 1. The lowest BCUT2D eigenvalue weighted by molar-refractivity contribution is 0.288. The van der Waals surface area contributed by atoms with E-state index >= 15 is 0 Å². The van der Waals surface area contributed by atoms with Crippen LogP contribution >= 0.6 is 0 Å². The molecule has 0 radical (unpaired) electrons. The number of hydrogen-bond acceptors (Lipinski definition) is 4. The molecule has 4 nitrogen and oxygen atoms in total. The van der Waals surface area contributed by atoms with Gasteiger partial charge in [0.05, 0.1) is 12.2 Å². The molecule has 1 saturated heterocycles. The zero-order chi connectivity index (χ0) is 10.8. The molecule has 2 N–H and O–H groups in total. The Balaban J connectivity index is 1.98. The highest BCUT2D eigenvalue weighted by atomic mass is 16.4. The van der Waals surface area contributed by atoms with E-state index < -0.39 is 0 Å². The topological polar surface area (TPSA) is 55.3 Å². The Hall–Kier alpha value is -0.870. The molecular weight excluding hydrogens is 190 g/mol. The highest BCUT2D eigenvalue weighted by Crippen LogP contribution is 2.20. The smallest absolute Gasteiger partial charge is 0.196 e. The van der Waals surface area contributed by atoms with Crippen LogP contribution in [0.5, 0.6) is 0 Å². The van der Waals surface area contributed by atoms with Crippen LogP contribution in [-0.2, 0) is 6.42 Å². The van der Waals surface area contributed by atoms with E-state index in [2.05, 4.69) is 16.9 Å². The lowest BCUT2D eigenvalue weighted by Crippen LogP contribution is -2.26. The van der Waals surface area contributed by atoms with Crippen molar-refractivity contribution < 1.29 is 4.42 Å². The summed E-state index contributed by atoms with van der Waals surface area (Å²) >= 11 is 0. The van der Waals surface area contributed by atoms with E-state index in [0.29, 0.717) is 6.04 Å². The van der Waals surface area contributed by atoms with Crippen molar-refractivity contribution in [3.63, 3.8) is 0 Å². The van der Waals surface area contributed by atoms with E-state index in [1.807, 2.05) is 6.92 Å². The molecule has 0 bridgehead atoms. The minimum Gasteiger partial charge on any atom is -0.444 e. The Bertz CT molecular complexity index is 321. The molecular formula is C11H19N3O. The Morgan fingerprint density at radius 3 is 3.07 bits per heavy atom. The molecule has 1 aliphatic heterocycles. The first kappa shape index (κ1) is 10.6. The molecule has 2 unspecified atom stereocenters. The maximum atomic E-state index is 5.72. The predicted molar refractivity (Wildman–Crippen MR) is 58.5 cm³/mol. The second-order valence-corrected chi connectivity index (χ2v) is 4.43. The van der Waals surface area contributed by atoms with Gasteiger partial charge < -0.3 is 15.1 Å². The van der Waals surface area contributed by atoms with Crippen LogP contribution in [0, 0.1) is 0 Å². The summed E-state index contributed by atoms with van der Waals surface area (Å²) in [6.07, 6.45) is 5.17. The molecule has 2 rings (SSSR count). The average Bonchev–Trinajstić information content (AvgIpc) is 2.77. The van der Waals surface area contributed by atoms with Crippen LogP contribution in [0.4, 0.5) is 0 Å². The van der Waals surface area contributed by atoms with E-state index in [4.69, 9.17) is 10.2 Å².